The lowest BCUT2D eigenvalue weighted by Gasteiger charge is -2.15. The summed E-state index contributed by atoms with van der Waals surface area (Å²) in [5.74, 6) is 1.04. The number of rotatable bonds is 11. The first-order valence-corrected chi connectivity index (χ1v) is 10.3. The Balaban J connectivity index is 0.000000471. The van der Waals surface area contributed by atoms with Crippen molar-refractivity contribution in [2.24, 2.45) is 5.92 Å². The summed E-state index contributed by atoms with van der Waals surface area (Å²) in [6, 6.07) is 0. The first-order chi connectivity index (χ1) is 10.3. The predicted octanol–water partition coefficient (Wildman–Crippen LogP) is 8.29. The Morgan fingerprint density at radius 1 is 0.524 bits per heavy atom. The molecule has 0 nitrogen and oxygen atoms in total. The molecular formula is C21H44. The third-order valence-electron chi connectivity index (χ3n) is 4.85. The van der Waals surface area contributed by atoms with E-state index in [0.29, 0.717) is 0 Å². The molecule has 0 bridgehead atoms. The Hall–Kier alpha value is 0. The fourth-order valence-corrected chi connectivity index (χ4v) is 3.22. The lowest BCUT2D eigenvalue weighted by Crippen LogP contribution is -1.99. The van der Waals surface area contributed by atoms with E-state index in [1.807, 2.05) is 0 Å². The van der Waals surface area contributed by atoms with Crippen LogP contribution in [-0.4, -0.2) is 0 Å². The monoisotopic (exact) mass is 296 g/mol. The molecule has 0 aliphatic heterocycles. The highest BCUT2D eigenvalue weighted by molar-refractivity contribution is 4.59. The van der Waals surface area contributed by atoms with E-state index in [1.165, 1.54) is 109 Å². The van der Waals surface area contributed by atoms with E-state index >= 15 is 0 Å². The normalized spacial score (nSPS) is 15.6. The third-order valence-corrected chi connectivity index (χ3v) is 4.85. The minimum absolute atomic E-state index is 1.04. The van der Waals surface area contributed by atoms with Gasteiger partial charge in [-0.2, -0.15) is 0 Å². The second kappa shape index (κ2) is 18.1. The van der Waals surface area contributed by atoms with Crippen LogP contribution in [0.1, 0.15) is 130 Å². The van der Waals surface area contributed by atoms with Gasteiger partial charge in [0, 0.05) is 0 Å². The molecule has 0 heteroatoms. The van der Waals surface area contributed by atoms with Crippen molar-refractivity contribution in [3.05, 3.63) is 0 Å². The zero-order valence-electron chi connectivity index (χ0n) is 15.6. The van der Waals surface area contributed by atoms with Gasteiger partial charge in [0.1, 0.15) is 0 Å². The van der Waals surface area contributed by atoms with Crippen molar-refractivity contribution in [2.75, 3.05) is 0 Å². The van der Waals surface area contributed by atoms with Crippen LogP contribution in [0.5, 0.6) is 0 Å². The maximum Gasteiger partial charge on any atom is -0.0443 e. The average Bonchev–Trinajstić information content (AvgIpc) is 2.51. The summed E-state index contributed by atoms with van der Waals surface area (Å²) in [4.78, 5) is 0. The topological polar surface area (TPSA) is 0 Å². The molecule has 21 heavy (non-hydrogen) atoms. The summed E-state index contributed by atoms with van der Waals surface area (Å²) in [5.41, 5.74) is 0. The van der Waals surface area contributed by atoms with Gasteiger partial charge in [0.25, 0.3) is 0 Å². The van der Waals surface area contributed by atoms with Crippen molar-refractivity contribution in [3.63, 3.8) is 0 Å². The maximum atomic E-state index is 2.36. The lowest BCUT2D eigenvalue weighted by molar-refractivity contribution is 0.385. The highest BCUT2D eigenvalue weighted by Crippen LogP contribution is 2.22. The second-order valence-electron chi connectivity index (χ2n) is 7.28. The minimum atomic E-state index is 1.04. The summed E-state index contributed by atoms with van der Waals surface area (Å²) in [6.45, 7) is 6.93. The minimum Gasteiger partial charge on any atom is -0.0654 e. The van der Waals surface area contributed by atoms with Crippen LogP contribution in [0, 0.1) is 5.92 Å². The smallest absolute Gasteiger partial charge is 0.0443 e. The summed E-state index contributed by atoms with van der Waals surface area (Å²) < 4.78 is 0. The van der Waals surface area contributed by atoms with Crippen molar-refractivity contribution < 1.29 is 0 Å². The van der Waals surface area contributed by atoms with Gasteiger partial charge in [-0.25, -0.2) is 0 Å². The SMILES string of the molecule is CC1CCCCC1.CCCCCCCCCCCCCC. The molecule has 0 spiro atoms. The largest absolute Gasteiger partial charge is 0.0654 e. The molecule has 0 radical (unpaired) electrons. The van der Waals surface area contributed by atoms with Gasteiger partial charge in [0.2, 0.25) is 0 Å². The second-order valence-corrected chi connectivity index (χ2v) is 7.28. The molecule has 1 rings (SSSR count). The van der Waals surface area contributed by atoms with E-state index in [-0.39, 0.29) is 0 Å². The van der Waals surface area contributed by atoms with Crippen molar-refractivity contribution in [1.82, 2.24) is 0 Å². The van der Waals surface area contributed by atoms with E-state index in [9.17, 15) is 0 Å². The first-order valence-electron chi connectivity index (χ1n) is 10.3. The van der Waals surface area contributed by atoms with Crippen molar-refractivity contribution in [3.8, 4) is 0 Å². The fraction of sp³-hybridized carbons (Fsp3) is 1.00. The molecule has 1 aliphatic carbocycles. The fourth-order valence-electron chi connectivity index (χ4n) is 3.22. The number of hydrogen-bond donors (Lipinski definition) is 0. The molecule has 0 unspecified atom stereocenters. The van der Waals surface area contributed by atoms with E-state index in [1.54, 1.807) is 0 Å². The van der Waals surface area contributed by atoms with Gasteiger partial charge < -0.3 is 0 Å². The molecule has 0 aromatic heterocycles. The van der Waals surface area contributed by atoms with E-state index < -0.39 is 0 Å². The Bertz CT molecular complexity index is 155. The summed E-state index contributed by atoms with van der Waals surface area (Å²) in [5, 5.41) is 0. The zero-order valence-corrected chi connectivity index (χ0v) is 15.6. The number of hydrogen-bond acceptors (Lipinski definition) is 0. The Kier molecular flexibility index (Phi) is 18.1. The Morgan fingerprint density at radius 2 is 0.857 bits per heavy atom. The van der Waals surface area contributed by atoms with Gasteiger partial charge in [0.15, 0.2) is 0 Å². The number of unbranched alkanes of at least 4 members (excludes halogenated alkanes) is 11. The lowest BCUT2D eigenvalue weighted by atomic mass is 9.91. The molecule has 1 fully saturated rings. The van der Waals surface area contributed by atoms with Crippen LogP contribution in [0.2, 0.25) is 0 Å². The van der Waals surface area contributed by atoms with Crippen molar-refractivity contribution in [2.45, 2.75) is 130 Å². The molecule has 0 amide bonds. The van der Waals surface area contributed by atoms with Crippen LogP contribution in [0.4, 0.5) is 0 Å². The van der Waals surface area contributed by atoms with Gasteiger partial charge >= 0.3 is 0 Å². The summed E-state index contributed by atoms with van der Waals surface area (Å²) in [6.07, 6.45) is 24.9. The van der Waals surface area contributed by atoms with Gasteiger partial charge in [-0.1, -0.05) is 130 Å². The highest BCUT2D eigenvalue weighted by Gasteiger charge is 2.05. The van der Waals surface area contributed by atoms with E-state index in [2.05, 4.69) is 20.8 Å². The molecule has 0 heterocycles. The zero-order chi connectivity index (χ0) is 15.6. The molecule has 128 valence electrons. The molecule has 0 N–H and O–H groups in total. The van der Waals surface area contributed by atoms with Crippen LogP contribution in [0.3, 0.4) is 0 Å². The highest BCUT2D eigenvalue weighted by atomic mass is 14.1. The van der Waals surface area contributed by atoms with Gasteiger partial charge in [-0.3, -0.25) is 0 Å². The van der Waals surface area contributed by atoms with Crippen molar-refractivity contribution in [1.29, 1.82) is 0 Å². The van der Waals surface area contributed by atoms with Crippen molar-refractivity contribution >= 4 is 0 Å². The van der Waals surface area contributed by atoms with Crippen LogP contribution in [0.25, 0.3) is 0 Å². The van der Waals surface area contributed by atoms with Crippen LogP contribution < -0.4 is 0 Å². The molecule has 0 aromatic rings. The van der Waals surface area contributed by atoms with Crippen LogP contribution in [0.15, 0.2) is 0 Å². The van der Waals surface area contributed by atoms with Crippen LogP contribution >= 0.6 is 0 Å². The summed E-state index contributed by atoms with van der Waals surface area (Å²) in [7, 11) is 0. The Morgan fingerprint density at radius 3 is 1.10 bits per heavy atom. The standard InChI is InChI=1S/C14H30.C7H14/c1-3-5-7-9-11-13-14-12-10-8-6-4-2;1-7-5-3-2-4-6-7/h3-14H2,1-2H3;7H,2-6H2,1H3. The molecule has 1 saturated carbocycles. The van der Waals surface area contributed by atoms with Crippen LogP contribution in [-0.2, 0) is 0 Å². The van der Waals surface area contributed by atoms with Gasteiger partial charge in [-0.15, -0.1) is 0 Å². The first kappa shape index (κ1) is 21.0. The molecular weight excluding hydrogens is 252 g/mol. The predicted molar refractivity (Wildman–Crippen MR) is 99.0 cm³/mol. The molecule has 0 saturated heterocycles. The van der Waals surface area contributed by atoms with Gasteiger partial charge in [0.05, 0.1) is 0 Å². The quantitative estimate of drug-likeness (QED) is 0.336. The Labute approximate surface area is 136 Å². The van der Waals surface area contributed by atoms with Gasteiger partial charge in [-0.05, 0) is 5.92 Å². The summed E-state index contributed by atoms with van der Waals surface area (Å²) >= 11 is 0. The van der Waals surface area contributed by atoms with E-state index in [4.69, 9.17) is 0 Å². The third kappa shape index (κ3) is 18.0. The average molecular weight is 297 g/mol. The van der Waals surface area contributed by atoms with E-state index in [0.717, 1.165) is 5.92 Å². The molecule has 0 atom stereocenters. The maximum absolute atomic E-state index is 2.36. The molecule has 0 aromatic carbocycles. The molecule has 1 aliphatic rings.